The molecule has 2 fully saturated rings. The standard InChI is InChI=1S/C15H21NO/c1-16-8-5-13(10-16)12-3-2-4-14(9-12)15(11-17)6-7-15/h2-4,9,13,17H,5-8,10-11H2,1H3. The molecule has 3 rings (SSSR count). The molecular weight excluding hydrogens is 210 g/mol. The SMILES string of the molecule is CN1CCC(c2cccc(C3(CO)CC3)c2)C1. The molecule has 17 heavy (non-hydrogen) atoms. The Morgan fingerprint density at radius 2 is 2.24 bits per heavy atom. The molecule has 2 heteroatoms. The number of benzene rings is 1. The molecule has 1 aliphatic heterocycles. The van der Waals surface area contributed by atoms with Crippen LogP contribution < -0.4 is 0 Å². The fourth-order valence-corrected chi connectivity index (χ4v) is 3.02. The third kappa shape index (κ3) is 2.00. The maximum atomic E-state index is 9.50. The van der Waals surface area contributed by atoms with E-state index < -0.39 is 0 Å². The van der Waals surface area contributed by atoms with E-state index in [1.165, 1.54) is 30.6 Å². The lowest BCUT2D eigenvalue weighted by Crippen LogP contribution is -2.14. The zero-order chi connectivity index (χ0) is 11.9. The maximum absolute atomic E-state index is 9.50. The fraction of sp³-hybridized carbons (Fsp3) is 0.600. The largest absolute Gasteiger partial charge is 0.395 e. The van der Waals surface area contributed by atoms with E-state index in [4.69, 9.17) is 0 Å². The van der Waals surface area contributed by atoms with E-state index in [2.05, 4.69) is 36.2 Å². The van der Waals surface area contributed by atoms with Gasteiger partial charge in [-0.3, -0.25) is 0 Å². The number of hydrogen-bond donors (Lipinski definition) is 1. The first-order valence-electron chi connectivity index (χ1n) is 6.63. The Bertz CT molecular complexity index is 411. The van der Waals surface area contributed by atoms with Crippen LogP contribution in [0.3, 0.4) is 0 Å². The average molecular weight is 231 g/mol. The summed E-state index contributed by atoms with van der Waals surface area (Å²) >= 11 is 0. The molecule has 1 N–H and O–H groups in total. The molecule has 0 aromatic heterocycles. The topological polar surface area (TPSA) is 23.5 Å². The van der Waals surface area contributed by atoms with Gasteiger partial charge in [0.15, 0.2) is 0 Å². The first-order chi connectivity index (χ1) is 8.23. The van der Waals surface area contributed by atoms with Crippen molar-refractivity contribution in [2.24, 2.45) is 0 Å². The third-order valence-electron chi connectivity index (χ3n) is 4.52. The van der Waals surface area contributed by atoms with Crippen LogP contribution in [0.4, 0.5) is 0 Å². The molecule has 1 aromatic carbocycles. The molecule has 0 bridgehead atoms. The van der Waals surface area contributed by atoms with Gasteiger partial charge in [-0.1, -0.05) is 24.3 Å². The highest BCUT2D eigenvalue weighted by atomic mass is 16.3. The predicted molar refractivity (Wildman–Crippen MR) is 69.3 cm³/mol. The van der Waals surface area contributed by atoms with Crippen LogP contribution in [-0.4, -0.2) is 36.8 Å². The van der Waals surface area contributed by atoms with Gasteiger partial charge in [0.25, 0.3) is 0 Å². The lowest BCUT2D eigenvalue weighted by Gasteiger charge is -2.16. The first kappa shape index (κ1) is 11.2. The van der Waals surface area contributed by atoms with Gasteiger partial charge in [-0.05, 0) is 49.9 Å². The lowest BCUT2D eigenvalue weighted by molar-refractivity contribution is 0.255. The Morgan fingerprint density at radius 3 is 2.82 bits per heavy atom. The van der Waals surface area contributed by atoms with Crippen molar-refractivity contribution in [3.63, 3.8) is 0 Å². The summed E-state index contributed by atoms with van der Waals surface area (Å²) in [6, 6.07) is 8.94. The molecule has 2 nitrogen and oxygen atoms in total. The minimum Gasteiger partial charge on any atom is -0.395 e. The first-order valence-corrected chi connectivity index (χ1v) is 6.63. The van der Waals surface area contributed by atoms with E-state index >= 15 is 0 Å². The Balaban J connectivity index is 1.84. The summed E-state index contributed by atoms with van der Waals surface area (Å²) in [4.78, 5) is 2.40. The van der Waals surface area contributed by atoms with Crippen LogP contribution in [0.25, 0.3) is 0 Å². The normalized spacial score (nSPS) is 27.3. The second kappa shape index (κ2) is 4.11. The van der Waals surface area contributed by atoms with Crippen LogP contribution in [0.5, 0.6) is 0 Å². The van der Waals surface area contributed by atoms with Crippen LogP contribution in [-0.2, 0) is 5.41 Å². The number of hydrogen-bond acceptors (Lipinski definition) is 2. The zero-order valence-corrected chi connectivity index (χ0v) is 10.5. The molecule has 1 heterocycles. The molecule has 0 radical (unpaired) electrons. The second-order valence-corrected chi connectivity index (χ2v) is 5.81. The maximum Gasteiger partial charge on any atom is 0.0527 e. The highest BCUT2D eigenvalue weighted by molar-refractivity contribution is 5.36. The second-order valence-electron chi connectivity index (χ2n) is 5.81. The number of likely N-dealkylation sites (N-methyl/N-ethyl adjacent to an activating group) is 1. The van der Waals surface area contributed by atoms with Crippen molar-refractivity contribution in [3.8, 4) is 0 Å². The quantitative estimate of drug-likeness (QED) is 0.861. The monoisotopic (exact) mass is 231 g/mol. The van der Waals surface area contributed by atoms with Gasteiger partial charge in [0.2, 0.25) is 0 Å². The molecule has 1 aliphatic carbocycles. The van der Waals surface area contributed by atoms with Crippen LogP contribution in [0.15, 0.2) is 24.3 Å². The number of nitrogens with zero attached hydrogens (tertiary/aromatic N) is 1. The Labute approximate surface area is 103 Å². The molecule has 2 aliphatic rings. The molecule has 1 saturated carbocycles. The Kier molecular flexibility index (Phi) is 2.72. The summed E-state index contributed by atoms with van der Waals surface area (Å²) in [5, 5.41) is 9.50. The zero-order valence-electron chi connectivity index (χ0n) is 10.5. The van der Waals surface area contributed by atoms with Crippen LogP contribution in [0.2, 0.25) is 0 Å². The summed E-state index contributed by atoms with van der Waals surface area (Å²) in [6.45, 7) is 2.69. The highest BCUT2D eigenvalue weighted by Crippen LogP contribution is 2.48. The highest BCUT2D eigenvalue weighted by Gasteiger charge is 2.43. The van der Waals surface area contributed by atoms with E-state index in [9.17, 15) is 5.11 Å². The smallest absolute Gasteiger partial charge is 0.0527 e. The summed E-state index contributed by atoms with van der Waals surface area (Å²) in [6.07, 6.45) is 3.57. The van der Waals surface area contributed by atoms with Crippen LogP contribution in [0, 0.1) is 0 Å². The third-order valence-corrected chi connectivity index (χ3v) is 4.52. The van der Waals surface area contributed by atoms with E-state index in [1.54, 1.807) is 0 Å². The van der Waals surface area contributed by atoms with E-state index in [1.807, 2.05) is 0 Å². The molecule has 0 spiro atoms. The Morgan fingerprint density at radius 1 is 1.41 bits per heavy atom. The van der Waals surface area contributed by atoms with E-state index in [0.717, 1.165) is 12.8 Å². The van der Waals surface area contributed by atoms with Crippen molar-refractivity contribution >= 4 is 0 Å². The summed E-state index contributed by atoms with van der Waals surface area (Å²) < 4.78 is 0. The van der Waals surface area contributed by atoms with Crippen molar-refractivity contribution < 1.29 is 5.11 Å². The van der Waals surface area contributed by atoms with Gasteiger partial charge in [0.05, 0.1) is 6.61 Å². The van der Waals surface area contributed by atoms with Gasteiger partial charge in [-0.25, -0.2) is 0 Å². The van der Waals surface area contributed by atoms with Gasteiger partial charge in [-0.15, -0.1) is 0 Å². The molecule has 1 aromatic rings. The van der Waals surface area contributed by atoms with Crippen molar-refractivity contribution in [2.45, 2.75) is 30.6 Å². The number of rotatable bonds is 3. The number of likely N-dealkylation sites (tertiary alicyclic amines) is 1. The van der Waals surface area contributed by atoms with Gasteiger partial charge in [-0.2, -0.15) is 0 Å². The molecule has 1 unspecified atom stereocenters. The molecule has 0 amide bonds. The van der Waals surface area contributed by atoms with Crippen molar-refractivity contribution in [2.75, 3.05) is 26.7 Å². The summed E-state index contributed by atoms with van der Waals surface area (Å²) in [5.74, 6) is 0.689. The van der Waals surface area contributed by atoms with E-state index in [-0.39, 0.29) is 5.41 Å². The molecule has 92 valence electrons. The minimum absolute atomic E-state index is 0.112. The fourth-order valence-electron chi connectivity index (χ4n) is 3.02. The van der Waals surface area contributed by atoms with Gasteiger partial charge < -0.3 is 10.0 Å². The number of aliphatic hydroxyl groups is 1. The van der Waals surface area contributed by atoms with Gasteiger partial charge in [0.1, 0.15) is 0 Å². The average Bonchev–Trinajstić information content (AvgIpc) is 3.06. The summed E-state index contributed by atoms with van der Waals surface area (Å²) in [7, 11) is 2.19. The van der Waals surface area contributed by atoms with Gasteiger partial charge in [0, 0.05) is 12.0 Å². The van der Waals surface area contributed by atoms with Crippen molar-refractivity contribution in [1.82, 2.24) is 4.90 Å². The van der Waals surface area contributed by atoms with Gasteiger partial charge >= 0.3 is 0 Å². The van der Waals surface area contributed by atoms with Crippen molar-refractivity contribution in [1.29, 1.82) is 0 Å². The van der Waals surface area contributed by atoms with Crippen LogP contribution in [0.1, 0.15) is 36.3 Å². The lowest BCUT2D eigenvalue weighted by atomic mass is 9.90. The summed E-state index contributed by atoms with van der Waals surface area (Å²) in [5.41, 5.74) is 2.93. The van der Waals surface area contributed by atoms with Crippen LogP contribution >= 0.6 is 0 Å². The minimum atomic E-state index is 0.112. The predicted octanol–water partition coefficient (Wildman–Crippen LogP) is 2.13. The van der Waals surface area contributed by atoms with E-state index in [0.29, 0.717) is 12.5 Å². The Hall–Kier alpha value is -0.860. The molecular formula is C15H21NO. The molecule has 1 saturated heterocycles. The number of aliphatic hydroxyl groups excluding tert-OH is 1. The van der Waals surface area contributed by atoms with Crippen molar-refractivity contribution in [3.05, 3.63) is 35.4 Å². The molecule has 1 atom stereocenters.